The van der Waals surface area contributed by atoms with Crippen molar-refractivity contribution in [3.8, 4) is 34.5 Å². The van der Waals surface area contributed by atoms with Crippen molar-refractivity contribution in [3.63, 3.8) is 0 Å². The van der Waals surface area contributed by atoms with Gasteiger partial charge in [0.05, 0.1) is 18.3 Å². The van der Waals surface area contributed by atoms with Gasteiger partial charge in [-0.05, 0) is 25.1 Å². The summed E-state index contributed by atoms with van der Waals surface area (Å²) in [5, 5.41) is 112. The van der Waals surface area contributed by atoms with Gasteiger partial charge < -0.3 is 79.9 Å². The maximum absolute atomic E-state index is 10.7. The van der Waals surface area contributed by atoms with Crippen LogP contribution >= 0.6 is 0 Å². The number of fused-ring (bicyclic) bond motifs is 1. The molecule has 2 aromatic rings. The summed E-state index contributed by atoms with van der Waals surface area (Å²) in [7, 11) is 0. The van der Waals surface area contributed by atoms with Crippen molar-refractivity contribution in [2.75, 3.05) is 6.61 Å². The fourth-order valence-electron chi connectivity index (χ4n) is 4.97. The van der Waals surface area contributed by atoms with E-state index in [1.807, 2.05) is 0 Å². The van der Waals surface area contributed by atoms with Crippen molar-refractivity contribution < 1.29 is 79.9 Å². The van der Waals surface area contributed by atoms with Crippen molar-refractivity contribution in [2.24, 2.45) is 0 Å². The Bertz CT molecular complexity index is 1340. The molecule has 0 spiro atoms. The van der Waals surface area contributed by atoms with Gasteiger partial charge in [0.25, 0.3) is 0 Å². The number of aliphatic hydroxyl groups is 6. The highest BCUT2D eigenvalue weighted by molar-refractivity contribution is 5.70. The van der Waals surface area contributed by atoms with Gasteiger partial charge in [-0.25, -0.2) is 0 Å². The molecule has 236 valence electrons. The van der Waals surface area contributed by atoms with Gasteiger partial charge in [0, 0.05) is 17.7 Å². The third kappa shape index (κ3) is 5.84. The number of rotatable bonds is 6. The summed E-state index contributed by atoms with van der Waals surface area (Å²) in [5.74, 6) is -3.26. The number of benzene rings is 2. The lowest BCUT2D eigenvalue weighted by atomic mass is 9.98. The molecule has 16 heteroatoms. The molecule has 43 heavy (non-hydrogen) atoms. The fraction of sp³-hybridized carbons (Fsp3) is 0.481. The highest BCUT2D eigenvalue weighted by atomic mass is 16.7. The van der Waals surface area contributed by atoms with E-state index in [-0.39, 0.29) is 28.4 Å². The monoisotopic (exact) mass is 612 g/mol. The minimum absolute atomic E-state index is 0.0107. The third-order valence-corrected chi connectivity index (χ3v) is 7.44. The normalized spacial score (nSPS) is 35.9. The molecule has 3 aliphatic rings. The van der Waals surface area contributed by atoms with Gasteiger partial charge in [0.2, 0.25) is 6.29 Å². The first kappa shape index (κ1) is 30.9. The number of phenolic OH excluding ortho intramolecular Hbond substituents is 5. The summed E-state index contributed by atoms with van der Waals surface area (Å²) < 4.78 is 28.2. The van der Waals surface area contributed by atoms with Crippen LogP contribution in [0.1, 0.15) is 24.2 Å². The van der Waals surface area contributed by atoms with E-state index in [1.165, 1.54) is 19.1 Å². The lowest BCUT2D eigenvalue weighted by Crippen LogP contribution is -2.61. The number of hydrogen-bond donors (Lipinski definition) is 11. The van der Waals surface area contributed by atoms with Crippen LogP contribution in [0.2, 0.25) is 0 Å². The molecule has 3 aliphatic heterocycles. The molecule has 2 saturated heterocycles. The molecule has 16 nitrogen and oxygen atoms in total. The van der Waals surface area contributed by atoms with E-state index in [1.54, 1.807) is 0 Å². The molecule has 0 radical (unpaired) electrons. The van der Waals surface area contributed by atoms with Crippen LogP contribution in [0.5, 0.6) is 34.5 Å². The van der Waals surface area contributed by atoms with E-state index in [0.29, 0.717) is 0 Å². The maximum atomic E-state index is 10.7. The van der Waals surface area contributed by atoms with Gasteiger partial charge in [-0.3, -0.25) is 0 Å². The molecule has 0 bridgehead atoms. The van der Waals surface area contributed by atoms with Crippen molar-refractivity contribution in [1.82, 2.24) is 0 Å². The first-order chi connectivity index (χ1) is 20.3. The number of ether oxygens (including phenoxy) is 5. The van der Waals surface area contributed by atoms with Crippen molar-refractivity contribution in [2.45, 2.75) is 74.4 Å². The highest BCUT2D eigenvalue weighted by Crippen LogP contribution is 2.47. The molecular formula is C27H32O16. The van der Waals surface area contributed by atoms with E-state index in [9.17, 15) is 56.2 Å². The summed E-state index contributed by atoms with van der Waals surface area (Å²) in [6, 6.07) is 4.28. The van der Waals surface area contributed by atoms with E-state index < -0.39 is 97.1 Å². The summed E-state index contributed by atoms with van der Waals surface area (Å²) in [6.07, 6.45) is -15.7. The van der Waals surface area contributed by atoms with E-state index >= 15 is 0 Å². The Labute approximate surface area is 243 Å². The largest absolute Gasteiger partial charge is 0.508 e. The minimum atomic E-state index is -1.86. The topological polar surface area (TPSA) is 269 Å². The number of aliphatic hydroxyl groups excluding tert-OH is 6. The molecule has 2 aromatic carbocycles. The zero-order valence-electron chi connectivity index (χ0n) is 22.4. The lowest BCUT2D eigenvalue weighted by molar-refractivity contribution is -0.324. The van der Waals surface area contributed by atoms with Gasteiger partial charge in [-0.15, -0.1) is 0 Å². The zero-order chi connectivity index (χ0) is 31.3. The molecule has 5 rings (SSSR count). The Hall–Kier alpha value is -3.58. The minimum Gasteiger partial charge on any atom is -0.508 e. The number of hydrogen-bond acceptors (Lipinski definition) is 16. The van der Waals surface area contributed by atoms with E-state index in [2.05, 4.69) is 0 Å². The van der Waals surface area contributed by atoms with Crippen molar-refractivity contribution >= 4 is 6.08 Å². The Morgan fingerprint density at radius 3 is 2.00 bits per heavy atom. The van der Waals surface area contributed by atoms with Gasteiger partial charge in [-0.2, -0.15) is 0 Å². The van der Waals surface area contributed by atoms with E-state index in [0.717, 1.165) is 18.2 Å². The van der Waals surface area contributed by atoms with Crippen LogP contribution in [-0.4, -0.2) is 124 Å². The molecule has 1 unspecified atom stereocenters. The Balaban J connectivity index is 1.41. The summed E-state index contributed by atoms with van der Waals surface area (Å²) in [4.78, 5) is 0. The molecule has 0 saturated carbocycles. The van der Waals surface area contributed by atoms with Gasteiger partial charge in [-0.1, -0.05) is 0 Å². The maximum Gasteiger partial charge on any atom is 0.228 e. The van der Waals surface area contributed by atoms with Gasteiger partial charge >= 0.3 is 0 Å². The third-order valence-electron chi connectivity index (χ3n) is 7.44. The van der Waals surface area contributed by atoms with Crippen LogP contribution in [0, 0.1) is 0 Å². The van der Waals surface area contributed by atoms with Crippen molar-refractivity contribution in [1.29, 1.82) is 0 Å². The lowest BCUT2D eigenvalue weighted by Gasteiger charge is -2.43. The van der Waals surface area contributed by atoms with Crippen LogP contribution < -0.4 is 4.74 Å². The molecule has 0 aliphatic carbocycles. The Morgan fingerprint density at radius 2 is 1.33 bits per heavy atom. The molecular weight excluding hydrogens is 580 g/mol. The second-order valence-corrected chi connectivity index (χ2v) is 10.5. The van der Waals surface area contributed by atoms with Crippen LogP contribution in [0.25, 0.3) is 6.08 Å². The first-order valence-corrected chi connectivity index (χ1v) is 13.1. The molecule has 11 N–H and O–H groups in total. The van der Waals surface area contributed by atoms with Gasteiger partial charge in [0.1, 0.15) is 65.7 Å². The van der Waals surface area contributed by atoms with Crippen LogP contribution in [-0.2, 0) is 18.9 Å². The quantitative estimate of drug-likeness (QED) is 0.163. The summed E-state index contributed by atoms with van der Waals surface area (Å²) in [6.45, 7) is 0.886. The van der Waals surface area contributed by atoms with Crippen molar-refractivity contribution in [3.05, 3.63) is 41.2 Å². The van der Waals surface area contributed by atoms with Crippen LogP contribution in [0.15, 0.2) is 30.0 Å². The molecule has 0 aromatic heterocycles. The summed E-state index contributed by atoms with van der Waals surface area (Å²) >= 11 is 0. The van der Waals surface area contributed by atoms with Crippen LogP contribution in [0.3, 0.4) is 0 Å². The summed E-state index contributed by atoms with van der Waals surface area (Å²) in [5.41, 5.74) is 0.0388. The SMILES string of the molecule is C[C@@H]1O[C@@H](OC[C@H]2O[C@@H](OC3=Cc4c(O)cc(O)cc4OC3c3cc(O)c(O)c(O)c3)[C@H](O)[C@@H](O)[C@@H]2O)[C@@H](O)[C@@H](O)[C@H]1O. The number of aromatic hydroxyl groups is 5. The zero-order valence-corrected chi connectivity index (χ0v) is 22.4. The molecule has 2 fully saturated rings. The van der Waals surface area contributed by atoms with Gasteiger partial charge in [0.15, 0.2) is 29.6 Å². The second kappa shape index (κ2) is 11.8. The van der Waals surface area contributed by atoms with Crippen LogP contribution in [0.4, 0.5) is 0 Å². The standard InChI is InChI=1S/C27H32O16/c1-8-18(32)21(35)23(37)26(40-8)39-7-17-20(34)22(36)24(38)27(43-17)42-16-6-11-12(29)4-10(28)5-15(11)41-25(16)9-2-13(30)19(33)14(31)3-9/h2-6,8,17-18,20-38H,7H2,1H3/t8-,17+,18-,20+,21-,22-,23-,24+,25?,26+,27+/m0/s1. The first-order valence-electron chi connectivity index (χ1n) is 13.1. The average Bonchev–Trinajstić information content (AvgIpc) is 2.96. The average molecular weight is 613 g/mol. The second-order valence-electron chi connectivity index (χ2n) is 10.5. The molecule has 0 amide bonds. The highest BCUT2D eigenvalue weighted by Gasteiger charge is 2.48. The fourth-order valence-corrected chi connectivity index (χ4v) is 4.97. The predicted molar refractivity (Wildman–Crippen MR) is 139 cm³/mol. The molecule has 3 heterocycles. The van der Waals surface area contributed by atoms with E-state index in [4.69, 9.17) is 23.7 Å². The molecule has 11 atom stereocenters. The number of phenols is 5. The predicted octanol–water partition coefficient (Wildman–Crippen LogP) is -1.64. The Morgan fingerprint density at radius 1 is 0.698 bits per heavy atom. The Kier molecular flexibility index (Phi) is 8.50. The smallest absolute Gasteiger partial charge is 0.228 e.